The molecule has 2 nitrogen and oxygen atoms in total. The van der Waals surface area contributed by atoms with E-state index in [1.165, 1.54) is 11.1 Å². The summed E-state index contributed by atoms with van der Waals surface area (Å²) in [4.78, 5) is 0. The Kier molecular flexibility index (Phi) is 4.15. The molecule has 0 fully saturated rings. The van der Waals surface area contributed by atoms with Crippen molar-refractivity contribution in [3.63, 3.8) is 0 Å². The summed E-state index contributed by atoms with van der Waals surface area (Å²) in [5.41, 5.74) is 2.50. The fourth-order valence-electron chi connectivity index (χ4n) is 1.55. The van der Waals surface area contributed by atoms with E-state index in [4.69, 9.17) is 4.74 Å². The van der Waals surface area contributed by atoms with Gasteiger partial charge in [0.15, 0.2) is 0 Å². The smallest absolute Gasteiger partial charge is 0.119 e. The SMILES string of the molecule is Cc1ccc(OC(C)CC(C)O)cc1C. The van der Waals surface area contributed by atoms with Crippen LogP contribution in [0.25, 0.3) is 0 Å². The summed E-state index contributed by atoms with van der Waals surface area (Å²) in [6.45, 7) is 7.90. The van der Waals surface area contributed by atoms with Gasteiger partial charge in [0.1, 0.15) is 5.75 Å². The Morgan fingerprint density at radius 3 is 2.40 bits per heavy atom. The first kappa shape index (κ1) is 12.1. The predicted octanol–water partition coefficient (Wildman–Crippen LogP) is 2.84. The van der Waals surface area contributed by atoms with E-state index in [1.54, 1.807) is 6.92 Å². The minimum atomic E-state index is -0.313. The summed E-state index contributed by atoms with van der Waals surface area (Å²) in [5.74, 6) is 0.881. The van der Waals surface area contributed by atoms with Gasteiger partial charge >= 0.3 is 0 Å². The quantitative estimate of drug-likeness (QED) is 0.824. The third kappa shape index (κ3) is 3.92. The summed E-state index contributed by atoms with van der Waals surface area (Å²) in [5, 5.41) is 9.22. The Hall–Kier alpha value is -1.02. The molecular weight excluding hydrogens is 188 g/mol. The number of hydrogen-bond donors (Lipinski definition) is 1. The standard InChI is InChI=1S/C13H20O2/c1-9-5-6-13(7-10(9)2)15-12(4)8-11(3)14/h5-7,11-12,14H,8H2,1-4H3. The van der Waals surface area contributed by atoms with Crippen molar-refractivity contribution in [2.75, 3.05) is 0 Å². The molecule has 0 aliphatic rings. The molecule has 15 heavy (non-hydrogen) atoms. The summed E-state index contributed by atoms with van der Waals surface area (Å²) >= 11 is 0. The van der Waals surface area contributed by atoms with Crippen molar-refractivity contribution >= 4 is 0 Å². The maximum atomic E-state index is 9.22. The molecule has 0 aliphatic heterocycles. The van der Waals surface area contributed by atoms with Gasteiger partial charge < -0.3 is 9.84 Å². The highest BCUT2D eigenvalue weighted by molar-refractivity contribution is 5.33. The lowest BCUT2D eigenvalue weighted by Crippen LogP contribution is -2.18. The second-order valence-corrected chi connectivity index (χ2v) is 4.26. The minimum absolute atomic E-state index is 0.0482. The molecule has 0 aliphatic carbocycles. The Labute approximate surface area is 91.9 Å². The van der Waals surface area contributed by atoms with E-state index < -0.39 is 0 Å². The molecule has 0 spiro atoms. The van der Waals surface area contributed by atoms with Crippen LogP contribution in [-0.2, 0) is 0 Å². The number of hydrogen-bond acceptors (Lipinski definition) is 2. The zero-order valence-corrected chi connectivity index (χ0v) is 9.95. The molecule has 0 aromatic heterocycles. The summed E-state index contributed by atoms with van der Waals surface area (Å²) in [7, 11) is 0. The molecular formula is C13H20O2. The Morgan fingerprint density at radius 1 is 1.20 bits per heavy atom. The third-order valence-corrected chi connectivity index (χ3v) is 2.49. The molecule has 1 aromatic carbocycles. The van der Waals surface area contributed by atoms with E-state index in [1.807, 2.05) is 19.1 Å². The van der Waals surface area contributed by atoms with Crippen LogP contribution in [0, 0.1) is 13.8 Å². The van der Waals surface area contributed by atoms with Crippen molar-refractivity contribution in [3.05, 3.63) is 29.3 Å². The van der Waals surface area contributed by atoms with Crippen LogP contribution in [0.2, 0.25) is 0 Å². The number of aliphatic hydroxyl groups is 1. The van der Waals surface area contributed by atoms with E-state index in [9.17, 15) is 5.11 Å². The Bertz CT molecular complexity index is 318. The van der Waals surface area contributed by atoms with Gasteiger partial charge in [-0.25, -0.2) is 0 Å². The van der Waals surface area contributed by atoms with Gasteiger partial charge in [0.25, 0.3) is 0 Å². The van der Waals surface area contributed by atoms with E-state index in [0.29, 0.717) is 6.42 Å². The van der Waals surface area contributed by atoms with Gasteiger partial charge in [-0.2, -0.15) is 0 Å². The normalized spacial score (nSPS) is 14.7. The van der Waals surface area contributed by atoms with Crippen molar-refractivity contribution < 1.29 is 9.84 Å². The second-order valence-electron chi connectivity index (χ2n) is 4.26. The van der Waals surface area contributed by atoms with Crippen LogP contribution in [0.15, 0.2) is 18.2 Å². The monoisotopic (exact) mass is 208 g/mol. The second kappa shape index (κ2) is 5.17. The largest absolute Gasteiger partial charge is 0.491 e. The first-order valence-electron chi connectivity index (χ1n) is 5.41. The van der Waals surface area contributed by atoms with E-state index in [-0.39, 0.29) is 12.2 Å². The van der Waals surface area contributed by atoms with Gasteiger partial charge in [-0.15, -0.1) is 0 Å². The Morgan fingerprint density at radius 2 is 1.87 bits per heavy atom. The molecule has 2 atom stereocenters. The fourth-order valence-corrected chi connectivity index (χ4v) is 1.55. The minimum Gasteiger partial charge on any atom is -0.491 e. The molecule has 1 N–H and O–H groups in total. The molecule has 2 heteroatoms. The maximum Gasteiger partial charge on any atom is 0.119 e. The lowest BCUT2D eigenvalue weighted by atomic mass is 10.1. The van der Waals surface area contributed by atoms with Crippen LogP contribution in [-0.4, -0.2) is 17.3 Å². The number of aliphatic hydroxyl groups excluding tert-OH is 1. The third-order valence-electron chi connectivity index (χ3n) is 2.49. The van der Waals surface area contributed by atoms with Crippen LogP contribution in [0.3, 0.4) is 0 Å². The molecule has 0 saturated carbocycles. The van der Waals surface area contributed by atoms with Crippen molar-refractivity contribution in [3.8, 4) is 5.75 Å². The zero-order valence-electron chi connectivity index (χ0n) is 9.95. The maximum absolute atomic E-state index is 9.22. The highest BCUT2D eigenvalue weighted by Crippen LogP contribution is 2.18. The average Bonchev–Trinajstić information content (AvgIpc) is 2.10. The molecule has 0 radical (unpaired) electrons. The van der Waals surface area contributed by atoms with Gasteiger partial charge in [0, 0.05) is 6.42 Å². The van der Waals surface area contributed by atoms with Gasteiger partial charge in [-0.05, 0) is 51.0 Å². The molecule has 1 rings (SSSR count). The van der Waals surface area contributed by atoms with Crippen molar-refractivity contribution in [1.82, 2.24) is 0 Å². The summed E-state index contributed by atoms with van der Waals surface area (Å²) in [6.07, 6.45) is 0.395. The number of aryl methyl sites for hydroxylation is 2. The number of rotatable bonds is 4. The zero-order chi connectivity index (χ0) is 11.4. The average molecular weight is 208 g/mol. The lowest BCUT2D eigenvalue weighted by molar-refractivity contribution is 0.115. The first-order valence-corrected chi connectivity index (χ1v) is 5.41. The van der Waals surface area contributed by atoms with Gasteiger partial charge in [-0.1, -0.05) is 6.07 Å². The van der Waals surface area contributed by atoms with E-state index >= 15 is 0 Å². The lowest BCUT2D eigenvalue weighted by Gasteiger charge is -2.16. The van der Waals surface area contributed by atoms with Crippen molar-refractivity contribution in [2.24, 2.45) is 0 Å². The van der Waals surface area contributed by atoms with Gasteiger partial charge in [0.2, 0.25) is 0 Å². The number of ether oxygens (including phenoxy) is 1. The molecule has 0 bridgehead atoms. The van der Waals surface area contributed by atoms with Crippen LogP contribution in [0.4, 0.5) is 0 Å². The molecule has 1 aromatic rings. The highest BCUT2D eigenvalue weighted by Gasteiger charge is 2.07. The van der Waals surface area contributed by atoms with Gasteiger partial charge in [-0.3, -0.25) is 0 Å². The molecule has 0 amide bonds. The van der Waals surface area contributed by atoms with Gasteiger partial charge in [0.05, 0.1) is 12.2 Å². The molecule has 84 valence electrons. The topological polar surface area (TPSA) is 29.5 Å². The van der Waals surface area contributed by atoms with E-state index in [2.05, 4.69) is 19.9 Å². The van der Waals surface area contributed by atoms with Crippen molar-refractivity contribution in [1.29, 1.82) is 0 Å². The Balaban J connectivity index is 2.60. The van der Waals surface area contributed by atoms with Crippen LogP contribution in [0.5, 0.6) is 5.75 Å². The fraction of sp³-hybridized carbons (Fsp3) is 0.538. The summed E-state index contributed by atoms with van der Waals surface area (Å²) < 4.78 is 5.70. The van der Waals surface area contributed by atoms with E-state index in [0.717, 1.165) is 5.75 Å². The molecule has 0 heterocycles. The van der Waals surface area contributed by atoms with Crippen LogP contribution in [0.1, 0.15) is 31.4 Å². The predicted molar refractivity (Wildman–Crippen MR) is 62.3 cm³/mol. The highest BCUT2D eigenvalue weighted by atomic mass is 16.5. The van der Waals surface area contributed by atoms with Crippen LogP contribution < -0.4 is 4.74 Å². The number of benzene rings is 1. The summed E-state index contributed by atoms with van der Waals surface area (Å²) in [6, 6.07) is 6.06. The first-order chi connectivity index (χ1) is 6.99. The molecule has 0 saturated heterocycles. The van der Waals surface area contributed by atoms with Crippen LogP contribution >= 0.6 is 0 Å². The molecule has 2 unspecified atom stereocenters. The van der Waals surface area contributed by atoms with Crippen molar-refractivity contribution in [2.45, 2.75) is 46.3 Å².